The topological polar surface area (TPSA) is 78.7 Å². The third kappa shape index (κ3) is 7.71. The van der Waals surface area contributed by atoms with E-state index >= 15 is 0 Å². The minimum atomic E-state index is -0.367. The van der Waals surface area contributed by atoms with E-state index in [4.69, 9.17) is 0 Å². The molecule has 7 heteroatoms. The number of amides is 1. The van der Waals surface area contributed by atoms with Crippen LogP contribution in [0.4, 0.5) is 0 Å². The second-order valence-electron chi connectivity index (χ2n) is 6.89. The Morgan fingerprint density at radius 2 is 2.10 bits per heavy atom. The van der Waals surface area contributed by atoms with Crippen molar-refractivity contribution in [1.29, 1.82) is 0 Å². The number of nitrogens with one attached hydrogen (secondary N) is 2. The number of benzene rings is 1. The normalized spacial score (nSPS) is 14.3. The molecule has 154 valence electrons. The third-order valence-corrected chi connectivity index (χ3v) is 5.35. The number of nitrogens with zero attached hydrogens (tertiary/aromatic N) is 3. The van der Waals surface area contributed by atoms with Gasteiger partial charge in [0.05, 0.1) is 17.2 Å². The molecule has 0 saturated carbocycles. The fraction of sp³-hybridized carbons (Fsp3) is 0.364. The predicted molar refractivity (Wildman–Crippen MR) is 121 cm³/mol. The number of hydrogen-bond donors (Lipinski definition) is 2. The molecule has 6 nitrogen and oxygen atoms in total. The van der Waals surface area contributed by atoms with Gasteiger partial charge in [0, 0.05) is 36.0 Å². The van der Waals surface area contributed by atoms with Crippen LogP contribution in [0.15, 0.2) is 63.2 Å². The third-order valence-electron chi connectivity index (χ3n) is 4.71. The summed E-state index contributed by atoms with van der Waals surface area (Å²) in [5, 5.41) is 16.0. The molecule has 0 saturated heterocycles. The van der Waals surface area contributed by atoms with Crippen LogP contribution in [0, 0.1) is 5.92 Å². The minimum Gasteiger partial charge on any atom is -0.329 e. The van der Waals surface area contributed by atoms with Crippen LogP contribution in [0.2, 0.25) is 0 Å². The lowest BCUT2D eigenvalue weighted by atomic mass is 10.00. The highest BCUT2D eigenvalue weighted by Crippen LogP contribution is 2.13. The Kier molecular flexibility index (Phi) is 9.40. The van der Waals surface area contributed by atoms with Gasteiger partial charge in [-0.25, -0.2) is 4.98 Å². The maximum Gasteiger partial charge on any atom is 0.241 e. The van der Waals surface area contributed by atoms with Gasteiger partial charge in [-0.05, 0) is 32.3 Å². The number of aromatic nitrogens is 1. The molecule has 2 aromatic rings. The molecule has 2 atom stereocenters. The van der Waals surface area contributed by atoms with Crippen LogP contribution in [0.1, 0.15) is 38.4 Å². The molecule has 1 amide bonds. The van der Waals surface area contributed by atoms with Crippen LogP contribution in [-0.2, 0) is 17.8 Å². The molecule has 2 N–H and O–H groups in total. The Morgan fingerprint density at radius 3 is 2.72 bits per heavy atom. The van der Waals surface area contributed by atoms with Crippen molar-refractivity contribution >= 4 is 29.7 Å². The fourth-order valence-electron chi connectivity index (χ4n) is 2.83. The van der Waals surface area contributed by atoms with E-state index in [1.54, 1.807) is 16.8 Å². The number of carbonyl (C=O) groups excluding carboxylic acids is 1. The zero-order valence-corrected chi connectivity index (χ0v) is 18.1. The van der Waals surface area contributed by atoms with E-state index in [1.807, 2.05) is 55.6 Å². The summed E-state index contributed by atoms with van der Waals surface area (Å²) in [6.07, 6.45) is 3.21. The lowest BCUT2D eigenvalue weighted by Crippen LogP contribution is -2.45. The van der Waals surface area contributed by atoms with E-state index < -0.39 is 0 Å². The van der Waals surface area contributed by atoms with Crippen molar-refractivity contribution < 1.29 is 4.79 Å². The van der Waals surface area contributed by atoms with Gasteiger partial charge in [0.25, 0.3) is 0 Å². The van der Waals surface area contributed by atoms with Gasteiger partial charge in [-0.1, -0.05) is 43.3 Å². The van der Waals surface area contributed by atoms with E-state index in [0.717, 1.165) is 22.7 Å². The Hall–Kier alpha value is -2.64. The molecular weight excluding hydrogens is 382 g/mol. The minimum absolute atomic E-state index is 0.0548. The molecule has 0 aliphatic rings. The van der Waals surface area contributed by atoms with Crippen LogP contribution in [-0.4, -0.2) is 29.4 Å². The van der Waals surface area contributed by atoms with Gasteiger partial charge in [0.2, 0.25) is 5.91 Å². The predicted octanol–water partition coefficient (Wildman–Crippen LogP) is 3.97. The maximum absolute atomic E-state index is 13.1. The summed E-state index contributed by atoms with van der Waals surface area (Å²) in [5.41, 5.74) is 5.59. The molecule has 1 aromatic heterocycles. The summed E-state index contributed by atoms with van der Waals surface area (Å²) in [7, 11) is 0. The van der Waals surface area contributed by atoms with Crippen LogP contribution >= 0.6 is 11.3 Å². The van der Waals surface area contributed by atoms with Gasteiger partial charge >= 0.3 is 0 Å². The number of hydrogen-bond acceptors (Lipinski definition) is 6. The van der Waals surface area contributed by atoms with E-state index in [1.165, 1.54) is 0 Å². The van der Waals surface area contributed by atoms with Gasteiger partial charge in [-0.3, -0.25) is 10.1 Å². The molecule has 0 fully saturated rings. The van der Waals surface area contributed by atoms with Crippen molar-refractivity contribution in [3.05, 3.63) is 64.3 Å². The lowest BCUT2D eigenvalue weighted by molar-refractivity contribution is -0.122. The Morgan fingerprint density at radius 1 is 1.34 bits per heavy atom. The Bertz CT molecular complexity index is 830. The smallest absolute Gasteiger partial charge is 0.241 e. The average Bonchev–Trinajstić information content (AvgIpc) is 3.24. The second kappa shape index (κ2) is 12.0. The van der Waals surface area contributed by atoms with E-state index in [2.05, 4.69) is 39.5 Å². The molecule has 1 aromatic carbocycles. The van der Waals surface area contributed by atoms with Crippen molar-refractivity contribution in [2.24, 2.45) is 16.1 Å². The van der Waals surface area contributed by atoms with Crippen LogP contribution in [0.5, 0.6) is 0 Å². The zero-order chi connectivity index (χ0) is 21.1. The standard InChI is InChI=1S/C22H29N5OS/c1-5-19(11-16(2)17(3)27-23-4)26-22(28)21(12-18-9-7-6-8-10-18)24-13-20-14-29-15-25-20/h5-10,14-16,21,24H,4,11-13H2,1-3H3,(H,26,28)/b19-5?,27-17-. The zero-order valence-electron chi connectivity index (χ0n) is 17.3. The highest BCUT2D eigenvalue weighted by Gasteiger charge is 2.20. The summed E-state index contributed by atoms with van der Waals surface area (Å²) in [4.78, 5) is 17.4. The molecule has 0 spiro atoms. The molecule has 0 aliphatic carbocycles. The molecule has 0 bridgehead atoms. The van der Waals surface area contributed by atoms with Crippen molar-refractivity contribution in [1.82, 2.24) is 15.6 Å². The van der Waals surface area contributed by atoms with Crippen LogP contribution < -0.4 is 10.6 Å². The summed E-state index contributed by atoms with van der Waals surface area (Å²) in [6, 6.07) is 9.65. The summed E-state index contributed by atoms with van der Waals surface area (Å²) in [6.45, 7) is 9.85. The Balaban J connectivity index is 2.05. The van der Waals surface area contributed by atoms with Gasteiger partial charge in [0.1, 0.15) is 0 Å². The average molecular weight is 412 g/mol. The first kappa shape index (κ1) is 22.6. The number of carbonyl (C=O) groups is 1. The monoisotopic (exact) mass is 411 g/mol. The fourth-order valence-corrected chi connectivity index (χ4v) is 3.39. The lowest BCUT2D eigenvalue weighted by Gasteiger charge is -2.21. The molecule has 0 aliphatic heterocycles. The molecule has 1 heterocycles. The number of thiazole rings is 1. The maximum atomic E-state index is 13.1. The summed E-state index contributed by atoms with van der Waals surface area (Å²) < 4.78 is 0. The van der Waals surface area contributed by atoms with E-state index in [-0.39, 0.29) is 17.9 Å². The Labute approximate surface area is 176 Å². The number of allylic oxidation sites excluding steroid dienone is 2. The van der Waals surface area contributed by atoms with Crippen LogP contribution in [0.3, 0.4) is 0 Å². The largest absolute Gasteiger partial charge is 0.329 e. The number of rotatable bonds is 11. The first-order chi connectivity index (χ1) is 14.0. The molecule has 2 rings (SSSR count). The quantitative estimate of drug-likeness (QED) is 0.434. The summed E-state index contributed by atoms with van der Waals surface area (Å²) in [5.74, 6) is 0.100. The van der Waals surface area contributed by atoms with Crippen molar-refractivity contribution in [2.75, 3.05) is 0 Å². The van der Waals surface area contributed by atoms with E-state index in [0.29, 0.717) is 19.4 Å². The second-order valence-corrected chi connectivity index (χ2v) is 7.61. The van der Waals surface area contributed by atoms with Crippen molar-refractivity contribution in [3.63, 3.8) is 0 Å². The van der Waals surface area contributed by atoms with Gasteiger partial charge < -0.3 is 5.32 Å². The van der Waals surface area contributed by atoms with Crippen molar-refractivity contribution in [3.8, 4) is 0 Å². The first-order valence-electron chi connectivity index (χ1n) is 9.64. The molecular formula is C22H29N5OS. The van der Waals surface area contributed by atoms with Crippen LogP contribution in [0.25, 0.3) is 0 Å². The van der Waals surface area contributed by atoms with Gasteiger partial charge in [-0.15, -0.1) is 11.3 Å². The van der Waals surface area contributed by atoms with Crippen molar-refractivity contribution in [2.45, 2.75) is 46.2 Å². The highest BCUT2D eigenvalue weighted by atomic mass is 32.1. The highest BCUT2D eigenvalue weighted by molar-refractivity contribution is 7.07. The van der Waals surface area contributed by atoms with Gasteiger partial charge in [0.15, 0.2) is 0 Å². The summed E-state index contributed by atoms with van der Waals surface area (Å²) >= 11 is 1.55. The van der Waals surface area contributed by atoms with Gasteiger partial charge in [-0.2, -0.15) is 10.2 Å². The first-order valence-corrected chi connectivity index (χ1v) is 10.6. The van der Waals surface area contributed by atoms with E-state index in [9.17, 15) is 4.79 Å². The SMILES string of the molecule is C=N/N=C(/C)C(C)CC(=CC)NC(=O)C(Cc1ccccc1)NCc1cscn1. The molecule has 0 radical (unpaired) electrons. The molecule has 2 unspecified atom stereocenters. The molecule has 29 heavy (non-hydrogen) atoms.